The molecule has 18 heavy (non-hydrogen) atoms. The van der Waals surface area contributed by atoms with Crippen LogP contribution in [0.2, 0.25) is 0 Å². The van der Waals surface area contributed by atoms with Gasteiger partial charge in [0.2, 0.25) is 0 Å². The summed E-state index contributed by atoms with van der Waals surface area (Å²) in [4.78, 5) is 17.9. The number of rotatable bonds is 4. The van der Waals surface area contributed by atoms with Crippen molar-refractivity contribution in [3.05, 3.63) is 42.1 Å². The Kier molecular flexibility index (Phi) is 3.41. The molecule has 0 saturated heterocycles. The first kappa shape index (κ1) is 12.3. The Labute approximate surface area is 103 Å². The molecule has 1 heterocycles. The van der Waals surface area contributed by atoms with Crippen molar-refractivity contribution in [3.8, 4) is 11.3 Å². The predicted molar refractivity (Wildman–Crippen MR) is 64.5 cm³/mol. The lowest BCUT2D eigenvalue weighted by Crippen LogP contribution is -2.12. The van der Waals surface area contributed by atoms with Crippen molar-refractivity contribution in [2.75, 3.05) is 0 Å². The molecule has 1 aromatic heterocycles. The smallest absolute Gasteiger partial charge is 0.306 e. The third-order valence-corrected chi connectivity index (χ3v) is 2.70. The molecule has 0 bridgehead atoms. The molecular weight excluding hydrogens is 235 g/mol. The van der Waals surface area contributed by atoms with Crippen molar-refractivity contribution in [3.63, 3.8) is 0 Å². The standard InChI is InChI=1S/C13H13FN2O2/c1-8(13(17)18)6-12-15-7-11(16-12)9-2-4-10(14)5-3-9/h2-5,7-8H,6H2,1H3,(H,15,16)(H,17,18). The first-order valence-electron chi connectivity index (χ1n) is 5.59. The molecule has 94 valence electrons. The Morgan fingerprint density at radius 3 is 2.72 bits per heavy atom. The number of carboxylic acid groups (broad SMARTS) is 1. The van der Waals surface area contributed by atoms with E-state index in [0.717, 1.165) is 11.3 Å². The molecule has 0 spiro atoms. The average Bonchev–Trinajstić information content (AvgIpc) is 2.78. The lowest BCUT2D eigenvalue weighted by atomic mass is 10.1. The minimum absolute atomic E-state index is 0.294. The van der Waals surface area contributed by atoms with E-state index in [1.165, 1.54) is 12.1 Å². The molecule has 0 aliphatic rings. The maximum atomic E-state index is 12.8. The zero-order chi connectivity index (χ0) is 13.1. The molecular formula is C13H13FN2O2. The Hall–Kier alpha value is -2.17. The number of hydrogen-bond acceptors (Lipinski definition) is 2. The molecule has 0 aliphatic heterocycles. The second kappa shape index (κ2) is 5.00. The van der Waals surface area contributed by atoms with E-state index in [2.05, 4.69) is 9.97 Å². The van der Waals surface area contributed by atoms with Gasteiger partial charge in [0.1, 0.15) is 11.6 Å². The van der Waals surface area contributed by atoms with E-state index in [4.69, 9.17) is 5.11 Å². The number of halogens is 1. The van der Waals surface area contributed by atoms with E-state index in [9.17, 15) is 9.18 Å². The molecule has 5 heteroatoms. The van der Waals surface area contributed by atoms with Gasteiger partial charge in [-0.25, -0.2) is 9.37 Å². The van der Waals surface area contributed by atoms with Gasteiger partial charge in [0, 0.05) is 6.42 Å². The normalized spacial score (nSPS) is 12.3. The molecule has 2 aromatic rings. The quantitative estimate of drug-likeness (QED) is 0.873. The van der Waals surface area contributed by atoms with E-state index in [-0.39, 0.29) is 5.82 Å². The summed E-state index contributed by atoms with van der Waals surface area (Å²) in [5, 5.41) is 8.81. The number of nitrogens with zero attached hydrogens (tertiary/aromatic N) is 1. The molecule has 1 atom stereocenters. The highest BCUT2D eigenvalue weighted by Crippen LogP contribution is 2.18. The molecule has 0 saturated carbocycles. The molecule has 2 rings (SSSR count). The van der Waals surface area contributed by atoms with Gasteiger partial charge >= 0.3 is 5.97 Å². The van der Waals surface area contributed by atoms with Gasteiger partial charge in [-0.1, -0.05) is 6.92 Å². The Balaban J connectivity index is 2.15. The zero-order valence-electron chi connectivity index (χ0n) is 9.85. The summed E-state index contributed by atoms with van der Waals surface area (Å²) in [5.74, 6) is -1.02. The van der Waals surface area contributed by atoms with Crippen molar-refractivity contribution in [1.82, 2.24) is 9.97 Å². The Morgan fingerprint density at radius 2 is 2.11 bits per heavy atom. The molecule has 1 unspecified atom stereocenters. The molecule has 1 aromatic carbocycles. The van der Waals surface area contributed by atoms with Crippen LogP contribution in [0.15, 0.2) is 30.5 Å². The molecule has 0 amide bonds. The van der Waals surface area contributed by atoms with Crippen LogP contribution in [0.3, 0.4) is 0 Å². The fourth-order valence-electron chi connectivity index (χ4n) is 1.62. The monoisotopic (exact) mass is 248 g/mol. The molecule has 0 fully saturated rings. The van der Waals surface area contributed by atoms with Crippen LogP contribution in [0.25, 0.3) is 11.3 Å². The molecule has 0 radical (unpaired) electrons. The number of carboxylic acids is 1. The van der Waals surface area contributed by atoms with E-state index in [1.807, 2.05) is 0 Å². The minimum Gasteiger partial charge on any atom is -0.481 e. The van der Waals surface area contributed by atoms with Gasteiger partial charge in [-0.05, 0) is 29.8 Å². The Bertz CT molecular complexity index is 548. The van der Waals surface area contributed by atoms with Gasteiger partial charge < -0.3 is 10.1 Å². The highest BCUT2D eigenvalue weighted by molar-refractivity contribution is 5.69. The molecule has 0 aliphatic carbocycles. The number of aromatic nitrogens is 2. The van der Waals surface area contributed by atoms with Gasteiger partial charge in [0.05, 0.1) is 17.8 Å². The zero-order valence-corrected chi connectivity index (χ0v) is 9.85. The number of aromatic amines is 1. The van der Waals surface area contributed by atoms with Crippen LogP contribution in [0.1, 0.15) is 12.7 Å². The summed E-state index contributed by atoms with van der Waals surface area (Å²) in [7, 11) is 0. The van der Waals surface area contributed by atoms with Crippen LogP contribution in [-0.4, -0.2) is 21.0 Å². The summed E-state index contributed by atoms with van der Waals surface area (Å²) >= 11 is 0. The van der Waals surface area contributed by atoms with Crippen molar-refractivity contribution >= 4 is 5.97 Å². The van der Waals surface area contributed by atoms with Gasteiger partial charge in [-0.15, -0.1) is 0 Å². The van der Waals surface area contributed by atoms with Crippen LogP contribution in [0.5, 0.6) is 0 Å². The summed E-state index contributed by atoms with van der Waals surface area (Å²) < 4.78 is 12.8. The van der Waals surface area contributed by atoms with E-state index < -0.39 is 11.9 Å². The lowest BCUT2D eigenvalue weighted by Gasteiger charge is -2.02. The maximum Gasteiger partial charge on any atom is 0.306 e. The van der Waals surface area contributed by atoms with Crippen molar-refractivity contribution < 1.29 is 14.3 Å². The van der Waals surface area contributed by atoms with Crippen LogP contribution in [-0.2, 0) is 11.2 Å². The van der Waals surface area contributed by atoms with Gasteiger partial charge in [0.15, 0.2) is 0 Å². The summed E-state index contributed by atoms with van der Waals surface area (Å²) in [6.07, 6.45) is 1.97. The summed E-state index contributed by atoms with van der Waals surface area (Å²) in [6.45, 7) is 1.63. The number of hydrogen-bond donors (Lipinski definition) is 2. The van der Waals surface area contributed by atoms with Gasteiger partial charge in [0.25, 0.3) is 0 Å². The Morgan fingerprint density at radius 1 is 1.44 bits per heavy atom. The maximum absolute atomic E-state index is 12.8. The highest BCUT2D eigenvalue weighted by atomic mass is 19.1. The fourth-order valence-corrected chi connectivity index (χ4v) is 1.62. The SMILES string of the molecule is CC(Cc1ncc(-c2ccc(F)cc2)[nH]1)C(=O)O. The summed E-state index contributed by atoms with van der Waals surface area (Å²) in [5.41, 5.74) is 1.57. The highest BCUT2D eigenvalue weighted by Gasteiger charge is 2.14. The molecule has 4 nitrogen and oxygen atoms in total. The number of H-pyrrole nitrogens is 1. The minimum atomic E-state index is -0.852. The largest absolute Gasteiger partial charge is 0.481 e. The van der Waals surface area contributed by atoms with E-state index in [1.54, 1.807) is 25.3 Å². The molecule has 2 N–H and O–H groups in total. The first-order valence-corrected chi connectivity index (χ1v) is 5.59. The number of aliphatic carboxylic acids is 1. The lowest BCUT2D eigenvalue weighted by molar-refractivity contribution is -0.141. The van der Waals surface area contributed by atoms with Crippen LogP contribution in [0.4, 0.5) is 4.39 Å². The number of benzene rings is 1. The first-order chi connectivity index (χ1) is 8.56. The number of imidazole rings is 1. The number of nitrogens with one attached hydrogen (secondary N) is 1. The van der Waals surface area contributed by atoms with Gasteiger partial charge in [-0.3, -0.25) is 4.79 Å². The third kappa shape index (κ3) is 2.74. The van der Waals surface area contributed by atoms with E-state index >= 15 is 0 Å². The fraction of sp³-hybridized carbons (Fsp3) is 0.231. The number of carbonyl (C=O) groups is 1. The topological polar surface area (TPSA) is 66.0 Å². The van der Waals surface area contributed by atoms with Crippen molar-refractivity contribution in [2.45, 2.75) is 13.3 Å². The van der Waals surface area contributed by atoms with E-state index in [0.29, 0.717) is 12.2 Å². The van der Waals surface area contributed by atoms with Crippen LogP contribution >= 0.6 is 0 Å². The predicted octanol–water partition coefficient (Wildman–Crippen LogP) is 2.48. The average molecular weight is 248 g/mol. The summed E-state index contributed by atoms with van der Waals surface area (Å²) in [6, 6.07) is 6.03. The second-order valence-electron chi connectivity index (χ2n) is 4.19. The van der Waals surface area contributed by atoms with Gasteiger partial charge in [-0.2, -0.15) is 0 Å². The van der Waals surface area contributed by atoms with Crippen LogP contribution < -0.4 is 0 Å². The second-order valence-corrected chi connectivity index (χ2v) is 4.19. The van der Waals surface area contributed by atoms with Crippen molar-refractivity contribution in [2.24, 2.45) is 5.92 Å². The van der Waals surface area contributed by atoms with Crippen molar-refractivity contribution in [1.29, 1.82) is 0 Å². The third-order valence-electron chi connectivity index (χ3n) is 2.70. The van der Waals surface area contributed by atoms with Crippen LogP contribution in [0, 0.1) is 11.7 Å².